The molecule has 2 unspecified atom stereocenters. The largest absolute Gasteiger partial charge is 0.366 e. The highest BCUT2D eigenvalue weighted by atomic mass is 16.2. The Kier molecular flexibility index (Phi) is 4.48. The minimum Gasteiger partial charge on any atom is -0.366 e. The van der Waals surface area contributed by atoms with E-state index in [1.54, 1.807) is 0 Å². The lowest BCUT2D eigenvalue weighted by Gasteiger charge is -2.37. The van der Waals surface area contributed by atoms with Gasteiger partial charge in [-0.1, -0.05) is 43.7 Å². The Morgan fingerprint density at radius 1 is 1.00 bits per heavy atom. The van der Waals surface area contributed by atoms with Crippen molar-refractivity contribution in [2.45, 2.75) is 34.1 Å². The summed E-state index contributed by atoms with van der Waals surface area (Å²) in [6.45, 7) is 10.4. The number of hydrogen-bond acceptors (Lipinski definition) is 3. The minimum atomic E-state index is -0.160. The van der Waals surface area contributed by atoms with E-state index < -0.39 is 0 Å². The quantitative estimate of drug-likeness (QED) is 0.802. The molecule has 1 fully saturated rings. The Hall–Kier alpha value is -2.10. The van der Waals surface area contributed by atoms with E-state index in [9.17, 15) is 9.59 Å². The fourth-order valence-electron chi connectivity index (χ4n) is 3.97. The van der Waals surface area contributed by atoms with E-state index in [1.807, 2.05) is 38.1 Å². The highest BCUT2D eigenvalue weighted by molar-refractivity contribution is 6.35. The van der Waals surface area contributed by atoms with Gasteiger partial charge in [0.25, 0.3) is 11.8 Å². The van der Waals surface area contributed by atoms with Crippen LogP contribution in [0.4, 0.5) is 0 Å². The second-order valence-electron chi connectivity index (χ2n) is 7.30. The number of piperidine rings is 1. The number of carbonyl (C=O) groups is 2. The lowest BCUT2D eigenvalue weighted by Crippen LogP contribution is -2.41. The standard InChI is InChI=1S/C20H26N2O2/c1-5-22-19(23)17(16-8-6-13(2)7-9-16)18(20(22)24)21-11-14(3)10-15(4)12-21/h6-9,14-15H,5,10-12H2,1-4H3. The van der Waals surface area contributed by atoms with Crippen LogP contribution in [0.5, 0.6) is 0 Å². The molecule has 0 radical (unpaired) electrons. The number of aryl methyl sites for hydroxylation is 1. The van der Waals surface area contributed by atoms with Crippen molar-refractivity contribution in [1.82, 2.24) is 9.80 Å². The van der Waals surface area contributed by atoms with E-state index in [2.05, 4.69) is 18.7 Å². The lowest BCUT2D eigenvalue weighted by molar-refractivity contribution is -0.137. The molecule has 2 amide bonds. The fourth-order valence-corrected chi connectivity index (χ4v) is 3.97. The summed E-state index contributed by atoms with van der Waals surface area (Å²) in [6.07, 6.45) is 1.17. The van der Waals surface area contributed by atoms with Crippen LogP contribution in [0.3, 0.4) is 0 Å². The zero-order valence-electron chi connectivity index (χ0n) is 15.0. The predicted octanol–water partition coefficient (Wildman–Crippen LogP) is 3.07. The molecule has 1 aromatic carbocycles. The number of nitrogens with zero attached hydrogens (tertiary/aromatic N) is 2. The van der Waals surface area contributed by atoms with Crippen molar-refractivity contribution in [2.24, 2.45) is 11.8 Å². The Labute approximate surface area is 144 Å². The molecule has 0 bridgehead atoms. The van der Waals surface area contributed by atoms with Gasteiger partial charge in [-0.15, -0.1) is 0 Å². The van der Waals surface area contributed by atoms with Gasteiger partial charge in [0, 0.05) is 19.6 Å². The molecule has 128 valence electrons. The molecular weight excluding hydrogens is 300 g/mol. The smallest absolute Gasteiger partial charge is 0.277 e. The first kappa shape index (κ1) is 16.7. The number of benzene rings is 1. The molecule has 0 spiro atoms. The van der Waals surface area contributed by atoms with Crippen LogP contribution >= 0.6 is 0 Å². The summed E-state index contributed by atoms with van der Waals surface area (Å²) >= 11 is 0. The molecule has 0 aliphatic carbocycles. The van der Waals surface area contributed by atoms with Crippen molar-refractivity contribution in [1.29, 1.82) is 0 Å². The molecule has 4 heteroatoms. The Morgan fingerprint density at radius 3 is 2.12 bits per heavy atom. The zero-order chi connectivity index (χ0) is 17.4. The number of amides is 2. The molecule has 3 rings (SSSR count). The topological polar surface area (TPSA) is 40.6 Å². The molecule has 2 heterocycles. The average Bonchev–Trinajstić information content (AvgIpc) is 2.77. The summed E-state index contributed by atoms with van der Waals surface area (Å²) in [4.78, 5) is 29.3. The summed E-state index contributed by atoms with van der Waals surface area (Å²) in [5.41, 5.74) is 3.16. The second kappa shape index (κ2) is 6.42. The van der Waals surface area contributed by atoms with Crippen LogP contribution in [0.1, 0.15) is 38.3 Å². The van der Waals surface area contributed by atoms with Gasteiger partial charge in [0.2, 0.25) is 0 Å². The van der Waals surface area contributed by atoms with Crippen LogP contribution in [0.15, 0.2) is 30.0 Å². The van der Waals surface area contributed by atoms with Crippen LogP contribution in [0, 0.1) is 18.8 Å². The number of rotatable bonds is 3. The normalized spacial score (nSPS) is 25.0. The van der Waals surface area contributed by atoms with Gasteiger partial charge in [-0.05, 0) is 37.7 Å². The Bertz CT molecular complexity index is 680. The highest BCUT2D eigenvalue weighted by Gasteiger charge is 2.42. The maximum Gasteiger partial charge on any atom is 0.277 e. The van der Waals surface area contributed by atoms with E-state index in [-0.39, 0.29) is 11.8 Å². The van der Waals surface area contributed by atoms with Gasteiger partial charge < -0.3 is 4.90 Å². The fraction of sp³-hybridized carbons (Fsp3) is 0.500. The average molecular weight is 326 g/mol. The van der Waals surface area contributed by atoms with E-state index in [4.69, 9.17) is 0 Å². The third-order valence-corrected chi connectivity index (χ3v) is 4.99. The van der Waals surface area contributed by atoms with E-state index in [0.717, 1.165) is 24.2 Å². The molecule has 24 heavy (non-hydrogen) atoms. The van der Waals surface area contributed by atoms with Gasteiger partial charge in [0.15, 0.2) is 0 Å². The van der Waals surface area contributed by atoms with E-state index in [0.29, 0.717) is 29.7 Å². The number of imide groups is 1. The molecular formula is C20H26N2O2. The highest BCUT2D eigenvalue weighted by Crippen LogP contribution is 2.34. The SMILES string of the molecule is CCN1C(=O)C(c2ccc(C)cc2)=C(N2CC(C)CC(C)C2)C1=O. The molecule has 0 saturated carbocycles. The second-order valence-corrected chi connectivity index (χ2v) is 7.30. The first-order valence-electron chi connectivity index (χ1n) is 8.84. The van der Waals surface area contributed by atoms with Crippen LogP contribution < -0.4 is 0 Å². The molecule has 0 aromatic heterocycles. The third-order valence-electron chi connectivity index (χ3n) is 4.99. The molecule has 2 aliphatic heterocycles. The number of likely N-dealkylation sites (N-methyl/N-ethyl adjacent to an activating group) is 1. The van der Waals surface area contributed by atoms with Crippen LogP contribution in [-0.4, -0.2) is 41.2 Å². The molecule has 2 atom stereocenters. The molecule has 1 saturated heterocycles. The summed E-state index contributed by atoms with van der Waals surface area (Å²) < 4.78 is 0. The molecule has 0 N–H and O–H groups in total. The summed E-state index contributed by atoms with van der Waals surface area (Å²) in [5.74, 6) is 0.754. The Morgan fingerprint density at radius 2 is 1.58 bits per heavy atom. The number of carbonyl (C=O) groups excluding carboxylic acids is 2. The maximum absolute atomic E-state index is 12.9. The van der Waals surface area contributed by atoms with Crippen LogP contribution in [0.25, 0.3) is 5.57 Å². The van der Waals surface area contributed by atoms with Crippen LogP contribution in [-0.2, 0) is 9.59 Å². The summed E-state index contributed by atoms with van der Waals surface area (Å²) in [5, 5.41) is 0. The zero-order valence-corrected chi connectivity index (χ0v) is 15.0. The number of likely N-dealkylation sites (tertiary alicyclic amines) is 1. The van der Waals surface area contributed by atoms with Gasteiger partial charge in [0.05, 0.1) is 5.57 Å². The van der Waals surface area contributed by atoms with Gasteiger partial charge in [-0.2, -0.15) is 0 Å². The van der Waals surface area contributed by atoms with E-state index >= 15 is 0 Å². The van der Waals surface area contributed by atoms with Crippen molar-refractivity contribution >= 4 is 17.4 Å². The van der Waals surface area contributed by atoms with Gasteiger partial charge in [-0.25, -0.2) is 0 Å². The van der Waals surface area contributed by atoms with E-state index in [1.165, 1.54) is 11.3 Å². The summed E-state index contributed by atoms with van der Waals surface area (Å²) in [6, 6.07) is 7.89. The summed E-state index contributed by atoms with van der Waals surface area (Å²) in [7, 11) is 0. The predicted molar refractivity (Wildman–Crippen MR) is 95.0 cm³/mol. The van der Waals surface area contributed by atoms with Gasteiger partial charge >= 0.3 is 0 Å². The maximum atomic E-state index is 12.9. The first-order valence-corrected chi connectivity index (χ1v) is 8.84. The minimum absolute atomic E-state index is 0.139. The molecule has 1 aromatic rings. The van der Waals surface area contributed by atoms with Crippen molar-refractivity contribution in [2.75, 3.05) is 19.6 Å². The molecule has 4 nitrogen and oxygen atoms in total. The lowest BCUT2D eigenvalue weighted by atomic mass is 9.91. The Balaban J connectivity index is 2.09. The third kappa shape index (κ3) is 2.85. The monoisotopic (exact) mass is 326 g/mol. The van der Waals surface area contributed by atoms with Gasteiger partial charge in [0.1, 0.15) is 5.70 Å². The van der Waals surface area contributed by atoms with Crippen molar-refractivity contribution in [3.63, 3.8) is 0 Å². The first-order chi connectivity index (χ1) is 11.4. The number of hydrogen-bond donors (Lipinski definition) is 0. The van der Waals surface area contributed by atoms with Crippen LogP contribution in [0.2, 0.25) is 0 Å². The van der Waals surface area contributed by atoms with Crippen molar-refractivity contribution in [3.8, 4) is 0 Å². The van der Waals surface area contributed by atoms with Gasteiger partial charge in [-0.3, -0.25) is 14.5 Å². The van der Waals surface area contributed by atoms with Crippen molar-refractivity contribution in [3.05, 3.63) is 41.1 Å². The van der Waals surface area contributed by atoms with Crippen molar-refractivity contribution < 1.29 is 9.59 Å². The molecule has 2 aliphatic rings.